The number of hydrogen-bond acceptors (Lipinski definition) is 4. The third kappa shape index (κ3) is 4.79. The van der Waals surface area contributed by atoms with Gasteiger partial charge in [-0.2, -0.15) is 5.10 Å². The number of nitrogens with zero attached hydrogens (tertiary/aromatic N) is 2. The number of benzene rings is 3. The predicted octanol–water partition coefficient (Wildman–Crippen LogP) is 6.77. The van der Waals surface area contributed by atoms with Crippen LogP contribution < -0.4 is 10.2 Å². The number of nitrogens with one attached hydrogen (secondary N) is 2. The third-order valence-corrected chi connectivity index (χ3v) is 8.14. The van der Waals surface area contributed by atoms with Crippen LogP contribution in [0.1, 0.15) is 55.1 Å². The highest BCUT2D eigenvalue weighted by Crippen LogP contribution is 2.36. The molecular formula is C31H33ClN4O2. The van der Waals surface area contributed by atoms with Gasteiger partial charge >= 0.3 is 0 Å². The molecule has 2 unspecified atom stereocenters. The van der Waals surface area contributed by atoms with E-state index in [0.29, 0.717) is 28.6 Å². The number of H-pyrrole nitrogens is 1. The normalized spacial score (nSPS) is 19.7. The molecular weight excluding hydrogens is 496 g/mol. The lowest BCUT2D eigenvalue weighted by Gasteiger charge is -2.36. The largest absolute Gasteiger partial charge is 0.377 e. The second-order valence-corrected chi connectivity index (χ2v) is 11.3. The molecule has 2 bridgehead atoms. The van der Waals surface area contributed by atoms with Gasteiger partial charge in [-0.1, -0.05) is 55.8 Å². The molecule has 0 radical (unpaired) electrons. The lowest BCUT2D eigenvalue weighted by Crippen LogP contribution is -2.45. The smallest absolute Gasteiger partial charge is 0.251 e. The molecule has 2 aliphatic rings. The molecule has 0 spiro atoms. The van der Waals surface area contributed by atoms with E-state index in [1.807, 2.05) is 42.5 Å². The highest BCUT2D eigenvalue weighted by atomic mass is 35.5. The van der Waals surface area contributed by atoms with Crippen LogP contribution in [0.2, 0.25) is 5.02 Å². The van der Waals surface area contributed by atoms with Gasteiger partial charge in [-0.05, 0) is 67.1 Å². The van der Waals surface area contributed by atoms with Crippen LogP contribution in [0, 0.1) is 5.92 Å². The summed E-state index contributed by atoms with van der Waals surface area (Å²) in [7, 11) is 0. The molecule has 3 heterocycles. The van der Waals surface area contributed by atoms with E-state index in [1.54, 1.807) is 0 Å². The van der Waals surface area contributed by atoms with Crippen molar-refractivity contribution in [3.05, 3.63) is 82.9 Å². The summed E-state index contributed by atoms with van der Waals surface area (Å²) in [6, 6.07) is 22.8. The van der Waals surface area contributed by atoms with Crippen LogP contribution in [0.15, 0.2) is 66.7 Å². The fraction of sp³-hybridized carbons (Fsp3) is 0.355. The van der Waals surface area contributed by atoms with Crippen LogP contribution >= 0.6 is 11.6 Å². The first-order chi connectivity index (χ1) is 18.5. The van der Waals surface area contributed by atoms with Gasteiger partial charge in [-0.25, -0.2) is 0 Å². The molecule has 1 amide bonds. The molecule has 2 fully saturated rings. The standard InChI is InChI=1S/C31H33ClN4O2/c1-19(2)15-29(25-5-3-4-6-27(25)32)33-31(37)21-9-14-28-26(16-21)30(35-34-28)20-7-10-22(11-8-20)36-23-12-13-24(36)18-38-17-23/h3-11,14,16,19,23-24,29H,12-13,15,17-18H2,1-2H3,(H,33,37)(H,34,35)/t23?,24?,29-/m0/s1. The van der Waals surface area contributed by atoms with Crippen LogP contribution in [0.25, 0.3) is 22.2 Å². The second-order valence-electron chi connectivity index (χ2n) is 10.9. The van der Waals surface area contributed by atoms with E-state index in [-0.39, 0.29) is 11.9 Å². The van der Waals surface area contributed by atoms with Gasteiger partial charge in [-0.3, -0.25) is 9.89 Å². The number of rotatable bonds is 7. The molecule has 7 heteroatoms. The molecule has 6 nitrogen and oxygen atoms in total. The summed E-state index contributed by atoms with van der Waals surface area (Å²) in [5.41, 5.74) is 5.54. The van der Waals surface area contributed by atoms with E-state index in [0.717, 1.165) is 47.4 Å². The van der Waals surface area contributed by atoms with E-state index in [4.69, 9.17) is 16.3 Å². The minimum absolute atomic E-state index is 0.122. The molecule has 4 aromatic rings. The van der Waals surface area contributed by atoms with E-state index in [2.05, 4.69) is 58.5 Å². The number of anilines is 1. The fourth-order valence-electron chi connectivity index (χ4n) is 5.95. The fourth-order valence-corrected chi connectivity index (χ4v) is 6.22. The Morgan fingerprint density at radius 2 is 1.82 bits per heavy atom. The van der Waals surface area contributed by atoms with Gasteiger partial charge in [0.05, 0.1) is 42.5 Å². The minimum Gasteiger partial charge on any atom is -0.377 e. The first-order valence-electron chi connectivity index (χ1n) is 13.5. The molecule has 1 aromatic heterocycles. The number of halogens is 1. The molecule has 196 valence electrons. The molecule has 2 aliphatic heterocycles. The topological polar surface area (TPSA) is 70.2 Å². The van der Waals surface area contributed by atoms with Gasteiger partial charge in [-0.15, -0.1) is 0 Å². The zero-order valence-electron chi connectivity index (χ0n) is 21.8. The van der Waals surface area contributed by atoms with Crippen molar-refractivity contribution in [2.75, 3.05) is 18.1 Å². The quantitative estimate of drug-likeness (QED) is 0.278. The van der Waals surface area contributed by atoms with Crippen molar-refractivity contribution >= 4 is 34.1 Å². The molecule has 38 heavy (non-hydrogen) atoms. The van der Waals surface area contributed by atoms with Crippen molar-refractivity contribution in [2.24, 2.45) is 5.92 Å². The zero-order chi connectivity index (χ0) is 26.2. The third-order valence-electron chi connectivity index (χ3n) is 7.80. The number of ether oxygens (including phenoxy) is 1. The maximum absolute atomic E-state index is 13.4. The second kappa shape index (κ2) is 10.4. The number of fused-ring (bicyclic) bond motifs is 3. The molecule has 3 atom stereocenters. The van der Waals surface area contributed by atoms with Crippen molar-refractivity contribution in [3.63, 3.8) is 0 Å². The lowest BCUT2D eigenvalue weighted by molar-refractivity contribution is 0.0906. The summed E-state index contributed by atoms with van der Waals surface area (Å²) >= 11 is 6.49. The average molecular weight is 529 g/mol. The highest BCUT2D eigenvalue weighted by molar-refractivity contribution is 6.31. The van der Waals surface area contributed by atoms with Crippen LogP contribution in [0.5, 0.6) is 0 Å². The summed E-state index contributed by atoms with van der Waals surface area (Å²) in [5, 5.41) is 12.5. The molecule has 3 aromatic carbocycles. The van der Waals surface area contributed by atoms with Crippen molar-refractivity contribution < 1.29 is 9.53 Å². The molecule has 0 saturated carbocycles. The van der Waals surface area contributed by atoms with Crippen molar-refractivity contribution in [2.45, 2.75) is 51.2 Å². The average Bonchev–Trinajstić information content (AvgIpc) is 3.45. The van der Waals surface area contributed by atoms with E-state index >= 15 is 0 Å². The van der Waals surface area contributed by atoms with Gasteiger partial charge in [0.1, 0.15) is 0 Å². The first kappa shape index (κ1) is 25.0. The monoisotopic (exact) mass is 528 g/mol. The van der Waals surface area contributed by atoms with Gasteiger partial charge in [0.25, 0.3) is 5.91 Å². The van der Waals surface area contributed by atoms with Crippen LogP contribution in [0.3, 0.4) is 0 Å². The van der Waals surface area contributed by atoms with Crippen molar-refractivity contribution in [1.82, 2.24) is 15.5 Å². The molecule has 0 aliphatic carbocycles. The van der Waals surface area contributed by atoms with Gasteiger partial charge < -0.3 is 15.0 Å². The number of morpholine rings is 1. The maximum atomic E-state index is 13.4. The van der Waals surface area contributed by atoms with Crippen LogP contribution in [-0.2, 0) is 4.74 Å². The van der Waals surface area contributed by atoms with Crippen LogP contribution in [0.4, 0.5) is 5.69 Å². The summed E-state index contributed by atoms with van der Waals surface area (Å²) < 4.78 is 5.75. The number of aromatic amines is 1. The summed E-state index contributed by atoms with van der Waals surface area (Å²) in [5.74, 6) is 0.276. The SMILES string of the molecule is CC(C)C[C@H](NC(=O)c1ccc2[nH]nc(-c3ccc(N4C5CCC4COC5)cc3)c2c1)c1ccccc1Cl. The number of amides is 1. The Bertz CT molecular complexity index is 1430. The Hall–Kier alpha value is -3.35. The van der Waals surface area contributed by atoms with Gasteiger partial charge in [0.15, 0.2) is 0 Å². The molecule has 6 rings (SSSR count). The van der Waals surface area contributed by atoms with E-state index in [1.165, 1.54) is 18.5 Å². The van der Waals surface area contributed by atoms with Gasteiger partial charge in [0, 0.05) is 27.2 Å². The molecule has 2 N–H and O–H groups in total. The van der Waals surface area contributed by atoms with Crippen molar-refractivity contribution in [3.8, 4) is 11.3 Å². The highest BCUT2D eigenvalue weighted by Gasteiger charge is 2.37. The Kier molecular flexibility index (Phi) is 6.85. The van der Waals surface area contributed by atoms with E-state index < -0.39 is 0 Å². The summed E-state index contributed by atoms with van der Waals surface area (Å²) in [6.45, 7) is 5.91. The first-order valence-corrected chi connectivity index (χ1v) is 13.9. The Morgan fingerprint density at radius 3 is 2.53 bits per heavy atom. The van der Waals surface area contributed by atoms with Crippen LogP contribution in [-0.4, -0.2) is 41.4 Å². The maximum Gasteiger partial charge on any atom is 0.251 e. The zero-order valence-corrected chi connectivity index (χ0v) is 22.5. The summed E-state index contributed by atoms with van der Waals surface area (Å²) in [6.07, 6.45) is 3.18. The van der Waals surface area contributed by atoms with Gasteiger partial charge in [0.2, 0.25) is 0 Å². The molecule has 2 saturated heterocycles. The summed E-state index contributed by atoms with van der Waals surface area (Å²) in [4.78, 5) is 15.9. The Labute approximate surface area is 228 Å². The predicted molar refractivity (Wildman–Crippen MR) is 153 cm³/mol. The van der Waals surface area contributed by atoms with E-state index in [9.17, 15) is 4.79 Å². The minimum atomic E-state index is -0.168. The number of hydrogen-bond donors (Lipinski definition) is 2. The Balaban J connectivity index is 1.26. The Morgan fingerprint density at radius 1 is 1.08 bits per heavy atom. The lowest BCUT2D eigenvalue weighted by atomic mass is 9.96. The number of carbonyl (C=O) groups excluding carboxylic acids is 1. The van der Waals surface area contributed by atoms with Crippen molar-refractivity contribution in [1.29, 1.82) is 0 Å². The number of aromatic nitrogens is 2. The number of carbonyl (C=O) groups is 1.